The van der Waals surface area contributed by atoms with Crippen molar-refractivity contribution < 1.29 is 8.78 Å². The Bertz CT molecular complexity index is 461. The normalized spacial score (nSPS) is 17.1. The summed E-state index contributed by atoms with van der Waals surface area (Å²) in [7, 11) is 1.73. The van der Waals surface area contributed by atoms with Gasteiger partial charge in [-0.3, -0.25) is 0 Å². The molecule has 0 saturated heterocycles. The maximum absolute atomic E-state index is 13.5. The molecule has 0 unspecified atom stereocenters. The first-order chi connectivity index (χ1) is 8.06. The van der Waals surface area contributed by atoms with Crippen molar-refractivity contribution in [3.8, 4) is 6.07 Å². The summed E-state index contributed by atoms with van der Waals surface area (Å²) in [6.45, 7) is 0.492. The van der Waals surface area contributed by atoms with Gasteiger partial charge in [0.1, 0.15) is 11.6 Å². The summed E-state index contributed by atoms with van der Waals surface area (Å²) in [6.07, 6.45) is 2.76. The second-order valence-electron chi connectivity index (χ2n) is 4.70. The minimum atomic E-state index is -0.585. The molecule has 1 aromatic carbocycles. The van der Waals surface area contributed by atoms with Crippen LogP contribution in [0.1, 0.15) is 19.3 Å². The Kier molecular flexibility index (Phi) is 3.01. The number of benzene rings is 1. The van der Waals surface area contributed by atoms with Crippen LogP contribution in [-0.4, -0.2) is 13.6 Å². The summed E-state index contributed by atoms with van der Waals surface area (Å²) in [5.74, 6) is -1.17. The lowest BCUT2D eigenvalue weighted by Crippen LogP contribution is -2.40. The van der Waals surface area contributed by atoms with E-state index in [4.69, 9.17) is 5.26 Å². The number of nitrogens with zero attached hydrogens (tertiary/aromatic N) is 2. The zero-order valence-corrected chi connectivity index (χ0v) is 9.71. The first-order valence-corrected chi connectivity index (χ1v) is 5.64. The molecule has 4 heteroatoms. The standard InChI is InChI=1S/C13H14F2N2/c1-17(9-13(8-16)5-2-6-13)12-4-3-10(14)7-11(12)15/h3-4,7H,2,5-6,9H2,1H3. The van der Waals surface area contributed by atoms with Crippen molar-refractivity contribution in [3.63, 3.8) is 0 Å². The van der Waals surface area contributed by atoms with Gasteiger partial charge in [-0.05, 0) is 25.0 Å². The molecule has 2 rings (SSSR count). The summed E-state index contributed by atoms with van der Waals surface area (Å²) in [5.41, 5.74) is -0.0109. The fourth-order valence-electron chi connectivity index (χ4n) is 2.24. The van der Waals surface area contributed by atoms with Crippen molar-refractivity contribution in [3.05, 3.63) is 29.8 Å². The van der Waals surface area contributed by atoms with Crippen LogP contribution in [0.4, 0.5) is 14.5 Å². The van der Waals surface area contributed by atoms with E-state index < -0.39 is 11.6 Å². The van der Waals surface area contributed by atoms with Crippen molar-refractivity contribution in [1.29, 1.82) is 5.26 Å². The van der Waals surface area contributed by atoms with Crippen molar-refractivity contribution >= 4 is 5.69 Å². The fourth-order valence-corrected chi connectivity index (χ4v) is 2.24. The van der Waals surface area contributed by atoms with Gasteiger partial charge in [-0.25, -0.2) is 8.78 Å². The van der Waals surface area contributed by atoms with E-state index in [0.717, 1.165) is 25.3 Å². The Labute approximate surface area is 99.5 Å². The zero-order chi connectivity index (χ0) is 12.5. The van der Waals surface area contributed by atoms with Gasteiger partial charge < -0.3 is 4.90 Å². The van der Waals surface area contributed by atoms with E-state index in [9.17, 15) is 8.78 Å². The predicted octanol–water partition coefficient (Wildman–Crippen LogP) is 3.09. The second kappa shape index (κ2) is 4.33. The summed E-state index contributed by atoms with van der Waals surface area (Å²) < 4.78 is 26.3. The molecule has 0 amide bonds. The average molecular weight is 236 g/mol. The molecule has 0 heterocycles. The maximum atomic E-state index is 13.5. The Hall–Kier alpha value is -1.63. The Morgan fingerprint density at radius 1 is 1.41 bits per heavy atom. The zero-order valence-electron chi connectivity index (χ0n) is 9.71. The third kappa shape index (κ3) is 2.23. The molecule has 90 valence electrons. The van der Waals surface area contributed by atoms with Gasteiger partial charge in [-0.15, -0.1) is 0 Å². The van der Waals surface area contributed by atoms with Gasteiger partial charge >= 0.3 is 0 Å². The highest BCUT2D eigenvalue weighted by Crippen LogP contribution is 2.41. The monoisotopic (exact) mass is 236 g/mol. The van der Waals surface area contributed by atoms with Gasteiger partial charge in [0, 0.05) is 19.7 Å². The van der Waals surface area contributed by atoms with E-state index in [1.165, 1.54) is 12.1 Å². The van der Waals surface area contributed by atoms with Crippen LogP contribution >= 0.6 is 0 Å². The number of halogens is 2. The third-order valence-corrected chi connectivity index (χ3v) is 3.41. The van der Waals surface area contributed by atoms with Crippen molar-refractivity contribution in [2.45, 2.75) is 19.3 Å². The Balaban J connectivity index is 2.15. The van der Waals surface area contributed by atoms with Crippen LogP contribution in [-0.2, 0) is 0 Å². The molecule has 1 fully saturated rings. The molecule has 0 bridgehead atoms. The van der Waals surface area contributed by atoms with E-state index in [2.05, 4.69) is 6.07 Å². The van der Waals surface area contributed by atoms with E-state index >= 15 is 0 Å². The van der Waals surface area contributed by atoms with Crippen LogP contribution in [0.5, 0.6) is 0 Å². The lowest BCUT2D eigenvalue weighted by Gasteiger charge is -2.39. The van der Waals surface area contributed by atoms with Gasteiger partial charge in [-0.1, -0.05) is 6.42 Å². The largest absolute Gasteiger partial charge is 0.371 e. The summed E-state index contributed by atoms with van der Waals surface area (Å²) in [5, 5.41) is 9.12. The first-order valence-electron chi connectivity index (χ1n) is 5.64. The molecule has 1 saturated carbocycles. The van der Waals surface area contributed by atoms with Crippen molar-refractivity contribution in [2.75, 3.05) is 18.5 Å². The minimum Gasteiger partial charge on any atom is -0.371 e. The number of hydrogen-bond donors (Lipinski definition) is 0. The van der Waals surface area contributed by atoms with Crippen LogP contribution in [0.25, 0.3) is 0 Å². The average Bonchev–Trinajstić information content (AvgIpc) is 2.23. The van der Waals surface area contributed by atoms with E-state index in [-0.39, 0.29) is 5.41 Å². The van der Waals surface area contributed by atoms with Crippen LogP contribution in [0, 0.1) is 28.4 Å². The molecule has 1 aliphatic rings. The van der Waals surface area contributed by atoms with Crippen molar-refractivity contribution in [1.82, 2.24) is 0 Å². The van der Waals surface area contributed by atoms with E-state index in [0.29, 0.717) is 12.2 Å². The number of hydrogen-bond acceptors (Lipinski definition) is 2. The Morgan fingerprint density at radius 3 is 2.59 bits per heavy atom. The van der Waals surface area contributed by atoms with Gasteiger partial charge in [0.05, 0.1) is 17.2 Å². The molecule has 0 atom stereocenters. The van der Waals surface area contributed by atoms with Crippen LogP contribution < -0.4 is 4.90 Å². The maximum Gasteiger partial charge on any atom is 0.149 e. The van der Waals surface area contributed by atoms with E-state index in [1.54, 1.807) is 11.9 Å². The van der Waals surface area contributed by atoms with Gasteiger partial charge in [0.15, 0.2) is 0 Å². The number of anilines is 1. The lowest BCUT2D eigenvalue weighted by atomic mass is 9.69. The van der Waals surface area contributed by atoms with Gasteiger partial charge in [-0.2, -0.15) is 5.26 Å². The molecular formula is C13H14F2N2. The van der Waals surface area contributed by atoms with Crippen LogP contribution in [0.15, 0.2) is 18.2 Å². The molecule has 0 aliphatic heterocycles. The molecule has 1 aromatic rings. The molecule has 0 spiro atoms. The number of rotatable bonds is 3. The molecule has 2 nitrogen and oxygen atoms in total. The summed E-state index contributed by atoms with van der Waals surface area (Å²) >= 11 is 0. The fraction of sp³-hybridized carbons (Fsp3) is 0.462. The molecule has 17 heavy (non-hydrogen) atoms. The second-order valence-corrected chi connectivity index (χ2v) is 4.70. The molecule has 0 radical (unpaired) electrons. The lowest BCUT2D eigenvalue weighted by molar-refractivity contribution is 0.222. The quantitative estimate of drug-likeness (QED) is 0.806. The highest BCUT2D eigenvalue weighted by atomic mass is 19.1. The minimum absolute atomic E-state index is 0.341. The SMILES string of the molecule is CN(CC1(C#N)CCC1)c1ccc(F)cc1F. The summed E-state index contributed by atoms with van der Waals surface area (Å²) in [6, 6.07) is 5.82. The molecule has 0 aromatic heterocycles. The Morgan fingerprint density at radius 2 is 2.12 bits per heavy atom. The number of nitriles is 1. The topological polar surface area (TPSA) is 27.0 Å². The highest BCUT2D eigenvalue weighted by molar-refractivity contribution is 5.47. The predicted molar refractivity (Wildman–Crippen MR) is 61.5 cm³/mol. The molecular weight excluding hydrogens is 222 g/mol. The molecule has 0 N–H and O–H groups in total. The van der Waals surface area contributed by atoms with Gasteiger partial charge in [0.2, 0.25) is 0 Å². The van der Waals surface area contributed by atoms with Crippen molar-refractivity contribution in [2.24, 2.45) is 5.41 Å². The molecule has 1 aliphatic carbocycles. The highest BCUT2D eigenvalue weighted by Gasteiger charge is 2.38. The van der Waals surface area contributed by atoms with Crippen LogP contribution in [0.2, 0.25) is 0 Å². The van der Waals surface area contributed by atoms with E-state index in [1.807, 2.05) is 0 Å². The van der Waals surface area contributed by atoms with Gasteiger partial charge in [0.25, 0.3) is 0 Å². The summed E-state index contributed by atoms with van der Waals surface area (Å²) in [4.78, 5) is 1.69. The first kappa shape index (κ1) is 11.8. The smallest absolute Gasteiger partial charge is 0.149 e. The third-order valence-electron chi connectivity index (χ3n) is 3.41. The van der Waals surface area contributed by atoms with Crippen LogP contribution in [0.3, 0.4) is 0 Å².